The second-order valence-electron chi connectivity index (χ2n) is 7.64. The third-order valence-electron chi connectivity index (χ3n) is 4.82. The summed E-state index contributed by atoms with van der Waals surface area (Å²) in [5.74, 6) is -0.646. The zero-order valence-corrected chi connectivity index (χ0v) is 18.0. The molecule has 0 aliphatic rings. The highest BCUT2D eigenvalue weighted by Crippen LogP contribution is 2.32. The van der Waals surface area contributed by atoms with E-state index in [-0.39, 0.29) is 24.4 Å². The molecule has 0 bridgehead atoms. The minimum Gasteiger partial charge on any atom is -0.462 e. The number of ether oxygens (including phenoxy) is 1. The van der Waals surface area contributed by atoms with Gasteiger partial charge in [0.2, 0.25) is 5.60 Å². The quantitative estimate of drug-likeness (QED) is 0.633. The van der Waals surface area contributed by atoms with Crippen LogP contribution in [-0.2, 0) is 15.1 Å². The molecule has 0 radical (unpaired) electrons. The van der Waals surface area contributed by atoms with Crippen LogP contribution >= 0.6 is 12.4 Å². The predicted molar refractivity (Wildman–Crippen MR) is 116 cm³/mol. The summed E-state index contributed by atoms with van der Waals surface area (Å²) in [5, 5.41) is 11.4. The van der Waals surface area contributed by atoms with E-state index >= 15 is 0 Å². The lowest BCUT2D eigenvalue weighted by Crippen LogP contribution is -2.42. The highest BCUT2D eigenvalue weighted by molar-refractivity contribution is 5.85. The van der Waals surface area contributed by atoms with Crippen LogP contribution in [0.15, 0.2) is 60.7 Å². The Kier molecular flexibility index (Phi) is 9.15. The highest BCUT2D eigenvalue weighted by atomic mass is 35.5. The minimum absolute atomic E-state index is 0. The van der Waals surface area contributed by atoms with Gasteiger partial charge in [-0.1, -0.05) is 88.4 Å². The van der Waals surface area contributed by atoms with Crippen LogP contribution in [0.3, 0.4) is 0 Å². The Balaban J connectivity index is 0.00000392. The van der Waals surface area contributed by atoms with Crippen LogP contribution in [0.2, 0.25) is 0 Å². The molecule has 2 rings (SSSR count). The Morgan fingerprint density at radius 1 is 0.929 bits per heavy atom. The van der Waals surface area contributed by atoms with E-state index in [0.29, 0.717) is 11.1 Å². The van der Waals surface area contributed by atoms with E-state index in [4.69, 9.17) is 4.74 Å². The zero-order valence-electron chi connectivity index (χ0n) is 17.2. The van der Waals surface area contributed by atoms with Gasteiger partial charge in [0.25, 0.3) is 0 Å². The number of rotatable bonds is 9. The van der Waals surface area contributed by atoms with Gasteiger partial charge in [0.1, 0.15) is 0 Å². The van der Waals surface area contributed by atoms with Crippen LogP contribution in [0, 0.1) is 5.41 Å². The van der Waals surface area contributed by atoms with Crippen LogP contribution in [0.25, 0.3) is 0 Å². The second-order valence-corrected chi connectivity index (χ2v) is 7.64. The topological polar surface area (TPSA) is 49.8 Å². The van der Waals surface area contributed by atoms with E-state index < -0.39 is 11.6 Å². The molecule has 0 spiro atoms. The van der Waals surface area contributed by atoms with Gasteiger partial charge in [-0.15, -0.1) is 12.4 Å². The molecule has 154 valence electrons. The number of esters is 1. The van der Waals surface area contributed by atoms with Gasteiger partial charge >= 0.3 is 5.97 Å². The number of carbonyl (C=O) groups is 1. The average Bonchev–Trinajstić information content (AvgIpc) is 2.71. The zero-order chi connectivity index (χ0) is 19.9. The Hall–Kier alpha value is -1.88. The minimum atomic E-state index is -1.83. The fraction of sp³-hybridized carbons (Fsp3) is 0.435. The number of aliphatic hydroxyl groups is 1. The van der Waals surface area contributed by atoms with Crippen molar-refractivity contribution in [1.29, 1.82) is 0 Å². The van der Waals surface area contributed by atoms with E-state index in [2.05, 4.69) is 32.6 Å². The maximum atomic E-state index is 13.1. The predicted octanol–water partition coefficient (Wildman–Crippen LogP) is 4.26. The van der Waals surface area contributed by atoms with Crippen molar-refractivity contribution in [2.24, 2.45) is 5.41 Å². The molecule has 0 fully saturated rings. The first-order valence-corrected chi connectivity index (χ1v) is 9.56. The SMILES string of the molecule is CCN(CC)CC(C)(C)COC(=O)C(O)(c1ccccc1)c1ccccc1.Cl. The maximum absolute atomic E-state index is 13.1. The number of halogens is 1. The summed E-state index contributed by atoms with van der Waals surface area (Å²) in [6.07, 6.45) is 0. The lowest BCUT2D eigenvalue weighted by molar-refractivity contribution is -0.165. The molecule has 2 aromatic rings. The fourth-order valence-electron chi connectivity index (χ4n) is 3.22. The fourth-order valence-corrected chi connectivity index (χ4v) is 3.22. The first-order chi connectivity index (χ1) is 12.8. The summed E-state index contributed by atoms with van der Waals surface area (Å²) in [6.45, 7) is 11.3. The van der Waals surface area contributed by atoms with E-state index in [9.17, 15) is 9.90 Å². The molecular weight excluding hydrogens is 374 g/mol. The van der Waals surface area contributed by atoms with Crippen molar-refractivity contribution in [3.8, 4) is 0 Å². The van der Waals surface area contributed by atoms with Gasteiger partial charge < -0.3 is 14.7 Å². The number of hydrogen-bond donors (Lipinski definition) is 1. The van der Waals surface area contributed by atoms with Crippen molar-refractivity contribution in [3.63, 3.8) is 0 Å². The maximum Gasteiger partial charge on any atom is 0.347 e. The first-order valence-electron chi connectivity index (χ1n) is 9.56. The van der Waals surface area contributed by atoms with Crippen molar-refractivity contribution in [1.82, 2.24) is 4.90 Å². The van der Waals surface area contributed by atoms with Gasteiger partial charge in [-0.05, 0) is 24.2 Å². The summed E-state index contributed by atoms with van der Waals surface area (Å²) in [6, 6.07) is 17.9. The molecule has 0 saturated carbocycles. The third-order valence-corrected chi connectivity index (χ3v) is 4.82. The molecule has 0 aliphatic carbocycles. The van der Waals surface area contributed by atoms with Gasteiger partial charge in [0.05, 0.1) is 6.61 Å². The third kappa shape index (κ3) is 5.81. The van der Waals surface area contributed by atoms with Crippen LogP contribution in [0.1, 0.15) is 38.8 Å². The summed E-state index contributed by atoms with van der Waals surface area (Å²) >= 11 is 0. The van der Waals surface area contributed by atoms with Crippen molar-refractivity contribution < 1.29 is 14.6 Å². The average molecular weight is 406 g/mol. The Morgan fingerprint density at radius 2 is 1.36 bits per heavy atom. The molecule has 2 aromatic carbocycles. The lowest BCUT2D eigenvalue weighted by Gasteiger charge is -2.33. The van der Waals surface area contributed by atoms with Crippen LogP contribution in [-0.4, -0.2) is 42.2 Å². The van der Waals surface area contributed by atoms with Gasteiger partial charge in [-0.2, -0.15) is 0 Å². The van der Waals surface area contributed by atoms with E-state index in [1.165, 1.54) is 0 Å². The summed E-state index contributed by atoms with van der Waals surface area (Å²) in [7, 11) is 0. The van der Waals surface area contributed by atoms with Crippen molar-refractivity contribution >= 4 is 18.4 Å². The molecule has 0 saturated heterocycles. The smallest absolute Gasteiger partial charge is 0.347 e. The number of nitrogens with zero attached hydrogens (tertiary/aromatic N) is 1. The van der Waals surface area contributed by atoms with Crippen molar-refractivity contribution in [2.75, 3.05) is 26.2 Å². The number of carbonyl (C=O) groups excluding carboxylic acids is 1. The van der Waals surface area contributed by atoms with Crippen molar-refractivity contribution in [3.05, 3.63) is 71.8 Å². The summed E-state index contributed by atoms with van der Waals surface area (Å²) in [4.78, 5) is 15.4. The Labute approximate surface area is 174 Å². The highest BCUT2D eigenvalue weighted by Gasteiger charge is 2.42. The van der Waals surface area contributed by atoms with Gasteiger partial charge in [0.15, 0.2) is 0 Å². The van der Waals surface area contributed by atoms with Crippen molar-refractivity contribution in [2.45, 2.75) is 33.3 Å². The van der Waals surface area contributed by atoms with Crippen LogP contribution < -0.4 is 0 Å². The lowest BCUT2D eigenvalue weighted by atomic mass is 9.86. The molecular formula is C23H32ClNO3. The van der Waals surface area contributed by atoms with Crippen LogP contribution in [0.5, 0.6) is 0 Å². The van der Waals surface area contributed by atoms with E-state index in [1.807, 2.05) is 12.1 Å². The Morgan fingerprint density at radius 3 is 1.75 bits per heavy atom. The monoisotopic (exact) mass is 405 g/mol. The summed E-state index contributed by atoms with van der Waals surface area (Å²) < 4.78 is 5.66. The molecule has 0 heterocycles. The summed E-state index contributed by atoms with van der Waals surface area (Å²) in [5.41, 5.74) is -1.03. The molecule has 0 amide bonds. The molecule has 0 atom stereocenters. The van der Waals surface area contributed by atoms with Gasteiger partial charge in [-0.25, -0.2) is 4.79 Å². The standard InChI is InChI=1S/C23H31NO3.ClH/c1-5-24(6-2)17-22(3,4)18-27-21(25)23(26,19-13-9-7-10-14-19)20-15-11-8-12-16-20;/h7-16,26H,5-6,17-18H2,1-4H3;1H. The molecule has 5 heteroatoms. The van der Waals surface area contributed by atoms with E-state index in [0.717, 1.165) is 19.6 Å². The molecule has 1 N–H and O–H groups in total. The number of benzene rings is 2. The molecule has 0 unspecified atom stereocenters. The number of hydrogen-bond acceptors (Lipinski definition) is 4. The van der Waals surface area contributed by atoms with Gasteiger partial charge in [0, 0.05) is 12.0 Å². The molecule has 28 heavy (non-hydrogen) atoms. The van der Waals surface area contributed by atoms with Gasteiger partial charge in [-0.3, -0.25) is 0 Å². The van der Waals surface area contributed by atoms with E-state index in [1.54, 1.807) is 48.5 Å². The normalized spacial score (nSPS) is 11.8. The molecule has 0 aliphatic heterocycles. The first kappa shape index (κ1) is 24.2. The molecule has 4 nitrogen and oxygen atoms in total. The molecule has 0 aromatic heterocycles. The Bertz CT molecular complexity index is 676. The largest absolute Gasteiger partial charge is 0.462 e. The second kappa shape index (κ2) is 10.6. The van der Waals surface area contributed by atoms with Crippen LogP contribution in [0.4, 0.5) is 0 Å².